The van der Waals surface area contributed by atoms with Crippen LogP contribution >= 0.6 is 7.14 Å². The SMILES string of the molecule is O=P(c1ccccc1)(c1ccccc1[O-])c1ccccc1[O-].[Li+].[Li+]. The van der Waals surface area contributed by atoms with Crippen molar-refractivity contribution in [3.05, 3.63) is 78.9 Å². The smallest absolute Gasteiger partial charge is 0.872 e. The van der Waals surface area contributed by atoms with Gasteiger partial charge in [-0.15, -0.1) is 0 Å². The molecule has 3 rings (SSSR count). The van der Waals surface area contributed by atoms with Gasteiger partial charge in [-0.25, -0.2) is 0 Å². The van der Waals surface area contributed by atoms with E-state index in [0.29, 0.717) is 5.30 Å². The molecular formula is C18H13Li2O3P. The molecule has 0 spiro atoms. The molecule has 3 nitrogen and oxygen atoms in total. The van der Waals surface area contributed by atoms with Crippen LogP contribution in [0.1, 0.15) is 0 Å². The van der Waals surface area contributed by atoms with Gasteiger partial charge in [0.15, 0.2) is 7.14 Å². The number of para-hydroxylation sites is 2. The van der Waals surface area contributed by atoms with E-state index >= 15 is 0 Å². The molecule has 3 aromatic rings. The summed E-state index contributed by atoms with van der Waals surface area (Å²) in [7, 11) is -3.48. The molecule has 0 aliphatic rings. The fourth-order valence-electron chi connectivity index (χ4n) is 2.48. The summed E-state index contributed by atoms with van der Waals surface area (Å²) in [5.74, 6) is -0.643. The third-order valence-electron chi connectivity index (χ3n) is 3.53. The summed E-state index contributed by atoms with van der Waals surface area (Å²) in [5.41, 5.74) is 0. The van der Waals surface area contributed by atoms with Crippen molar-refractivity contribution in [2.24, 2.45) is 0 Å². The van der Waals surface area contributed by atoms with Gasteiger partial charge in [-0.3, -0.25) is 0 Å². The molecule has 0 atom stereocenters. The predicted octanol–water partition coefficient (Wildman–Crippen LogP) is -4.52. The van der Waals surface area contributed by atoms with Gasteiger partial charge < -0.3 is 14.8 Å². The van der Waals surface area contributed by atoms with Gasteiger partial charge in [-0.05, 0) is 0 Å². The van der Waals surface area contributed by atoms with E-state index in [9.17, 15) is 14.8 Å². The van der Waals surface area contributed by atoms with Crippen LogP contribution in [0.15, 0.2) is 78.9 Å². The molecule has 0 saturated heterocycles. The second-order valence-corrected chi connectivity index (χ2v) is 7.58. The normalized spacial score (nSPS) is 10.3. The third-order valence-corrected chi connectivity index (χ3v) is 6.65. The Kier molecular flexibility index (Phi) is 7.50. The molecule has 0 radical (unpaired) electrons. The number of hydrogen-bond donors (Lipinski definition) is 0. The maximum absolute atomic E-state index is 13.9. The average molecular weight is 322 g/mol. The predicted molar refractivity (Wildman–Crippen MR) is 84.7 cm³/mol. The molecular weight excluding hydrogens is 309 g/mol. The second-order valence-electron chi connectivity index (χ2n) is 4.88. The van der Waals surface area contributed by atoms with Gasteiger partial charge in [-0.2, -0.15) is 0 Å². The van der Waals surface area contributed by atoms with E-state index in [1.54, 1.807) is 66.7 Å². The minimum atomic E-state index is -3.48. The van der Waals surface area contributed by atoms with Gasteiger partial charge in [0.2, 0.25) is 0 Å². The molecule has 0 fully saturated rings. The summed E-state index contributed by atoms with van der Waals surface area (Å²) < 4.78 is 13.9. The number of benzene rings is 3. The molecule has 6 heteroatoms. The number of rotatable bonds is 3. The van der Waals surface area contributed by atoms with Crippen molar-refractivity contribution in [1.82, 2.24) is 0 Å². The Morgan fingerprint density at radius 3 is 1.38 bits per heavy atom. The van der Waals surface area contributed by atoms with Gasteiger partial charge >= 0.3 is 37.7 Å². The molecule has 110 valence electrons. The van der Waals surface area contributed by atoms with E-state index < -0.39 is 7.14 Å². The number of hydrogen-bond acceptors (Lipinski definition) is 3. The van der Waals surface area contributed by atoms with Gasteiger partial charge in [0.05, 0.1) is 0 Å². The Hall–Kier alpha value is -1.32. The Morgan fingerprint density at radius 2 is 0.958 bits per heavy atom. The fraction of sp³-hybridized carbons (Fsp3) is 0. The van der Waals surface area contributed by atoms with E-state index in [2.05, 4.69) is 0 Å². The Labute approximate surface area is 165 Å². The van der Waals surface area contributed by atoms with Crippen LogP contribution in [0.2, 0.25) is 0 Å². The van der Waals surface area contributed by atoms with Crippen LogP contribution < -0.4 is 63.8 Å². The molecule has 0 heterocycles. The summed E-state index contributed by atoms with van der Waals surface area (Å²) in [6, 6.07) is 21.1. The van der Waals surface area contributed by atoms with Gasteiger partial charge in [0.1, 0.15) is 0 Å². The first kappa shape index (κ1) is 20.7. The Bertz CT molecular complexity index is 804. The molecule has 0 aromatic heterocycles. The topological polar surface area (TPSA) is 63.2 Å². The molecule has 24 heavy (non-hydrogen) atoms. The second kappa shape index (κ2) is 8.68. The molecule has 0 saturated carbocycles. The van der Waals surface area contributed by atoms with Crippen molar-refractivity contribution in [1.29, 1.82) is 0 Å². The molecule has 0 aliphatic carbocycles. The van der Waals surface area contributed by atoms with Crippen LogP contribution in [-0.4, -0.2) is 0 Å². The van der Waals surface area contributed by atoms with E-state index in [4.69, 9.17) is 0 Å². The first-order valence-electron chi connectivity index (χ1n) is 6.83. The molecule has 0 N–H and O–H groups in total. The zero-order valence-electron chi connectivity index (χ0n) is 13.7. The zero-order chi connectivity index (χ0) is 15.6. The minimum absolute atomic E-state index is 0. The molecule has 3 aromatic carbocycles. The van der Waals surface area contributed by atoms with Crippen molar-refractivity contribution in [3.8, 4) is 11.5 Å². The van der Waals surface area contributed by atoms with Crippen LogP contribution in [-0.2, 0) is 4.57 Å². The van der Waals surface area contributed by atoms with Gasteiger partial charge in [0, 0.05) is 15.9 Å². The minimum Gasteiger partial charge on any atom is -0.872 e. The van der Waals surface area contributed by atoms with Crippen LogP contribution in [0.4, 0.5) is 0 Å². The summed E-state index contributed by atoms with van der Waals surface area (Å²) in [5, 5.41) is 25.3. The van der Waals surface area contributed by atoms with Crippen LogP contribution in [0, 0.1) is 0 Å². The zero-order valence-corrected chi connectivity index (χ0v) is 14.6. The summed E-state index contributed by atoms with van der Waals surface area (Å²) in [6.45, 7) is 0. The van der Waals surface area contributed by atoms with Crippen molar-refractivity contribution >= 4 is 23.1 Å². The fourth-order valence-corrected chi connectivity index (χ4v) is 5.25. The monoisotopic (exact) mass is 322 g/mol. The van der Waals surface area contributed by atoms with E-state index in [1.165, 1.54) is 12.1 Å². The maximum atomic E-state index is 13.9. The Morgan fingerprint density at radius 1 is 0.583 bits per heavy atom. The first-order chi connectivity index (χ1) is 10.6. The summed E-state index contributed by atoms with van der Waals surface area (Å²) in [6.07, 6.45) is 0. The molecule has 0 amide bonds. The first-order valence-corrected chi connectivity index (χ1v) is 8.53. The molecule has 0 aliphatic heterocycles. The van der Waals surface area contributed by atoms with Crippen molar-refractivity contribution < 1.29 is 52.5 Å². The van der Waals surface area contributed by atoms with Crippen LogP contribution in [0.5, 0.6) is 11.5 Å². The maximum Gasteiger partial charge on any atom is 1.00 e. The van der Waals surface area contributed by atoms with E-state index in [1.807, 2.05) is 0 Å². The van der Waals surface area contributed by atoms with Crippen molar-refractivity contribution in [2.75, 3.05) is 0 Å². The van der Waals surface area contributed by atoms with Crippen molar-refractivity contribution in [3.63, 3.8) is 0 Å². The summed E-state index contributed by atoms with van der Waals surface area (Å²) >= 11 is 0. The Balaban J connectivity index is 0.00000144. The molecule has 0 bridgehead atoms. The van der Waals surface area contributed by atoms with Crippen molar-refractivity contribution in [2.45, 2.75) is 0 Å². The van der Waals surface area contributed by atoms with E-state index in [0.717, 1.165) is 0 Å². The quantitative estimate of drug-likeness (QED) is 0.361. The summed E-state index contributed by atoms with van der Waals surface area (Å²) in [4.78, 5) is 0. The van der Waals surface area contributed by atoms with Gasteiger partial charge in [0.25, 0.3) is 0 Å². The largest absolute Gasteiger partial charge is 1.00 e. The van der Waals surface area contributed by atoms with Gasteiger partial charge in [-0.1, -0.05) is 90.4 Å². The average Bonchev–Trinajstić information content (AvgIpc) is 2.56. The standard InChI is InChI=1S/C18H15O3P.2Li/c19-15-10-4-6-12-17(15)22(21,14-8-2-1-3-9-14)18-13-7-5-11-16(18)20;;/h1-13,19-20H;;/q;2*+1/p-2. The third kappa shape index (κ3) is 3.68. The van der Waals surface area contributed by atoms with Crippen LogP contribution in [0.3, 0.4) is 0 Å². The van der Waals surface area contributed by atoms with E-state index in [-0.39, 0.29) is 59.8 Å². The van der Waals surface area contributed by atoms with Crippen LogP contribution in [0.25, 0.3) is 0 Å². The molecule has 0 unspecified atom stereocenters.